The summed E-state index contributed by atoms with van der Waals surface area (Å²) in [6.45, 7) is 7.88. The van der Waals surface area contributed by atoms with Gasteiger partial charge in [0.05, 0.1) is 4.90 Å². The van der Waals surface area contributed by atoms with Gasteiger partial charge >= 0.3 is 0 Å². The van der Waals surface area contributed by atoms with Crippen molar-refractivity contribution in [3.63, 3.8) is 0 Å². The summed E-state index contributed by atoms with van der Waals surface area (Å²) in [5.74, 6) is -0.0582. The van der Waals surface area contributed by atoms with Crippen LogP contribution < -0.4 is 10.0 Å². The van der Waals surface area contributed by atoms with Crippen LogP contribution in [-0.4, -0.2) is 50.9 Å². The molecule has 6 nitrogen and oxygen atoms in total. The maximum atomic E-state index is 12.5. The Hall–Kier alpha value is -1.44. The van der Waals surface area contributed by atoms with Crippen LogP contribution >= 0.6 is 0 Å². The first-order valence-corrected chi connectivity index (χ1v) is 9.47. The Balaban J connectivity index is 2.11. The molecular formula is C16H25N3O3S. The van der Waals surface area contributed by atoms with E-state index >= 15 is 0 Å². The zero-order valence-corrected chi connectivity index (χ0v) is 14.7. The Morgan fingerprint density at radius 3 is 2.61 bits per heavy atom. The first kappa shape index (κ1) is 17.9. The third-order valence-electron chi connectivity index (χ3n) is 4.04. The molecular weight excluding hydrogens is 314 g/mol. The van der Waals surface area contributed by atoms with Crippen molar-refractivity contribution >= 4 is 15.9 Å². The summed E-state index contributed by atoms with van der Waals surface area (Å²) in [4.78, 5) is 14.4. The summed E-state index contributed by atoms with van der Waals surface area (Å²) in [6, 6.07) is 6.30. The molecule has 2 rings (SSSR count). The number of hydrogen-bond donors (Lipinski definition) is 2. The molecule has 128 valence electrons. The highest BCUT2D eigenvalue weighted by molar-refractivity contribution is 7.89. The number of nitrogens with zero attached hydrogens (tertiary/aromatic N) is 1. The van der Waals surface area contributed by atoms with Gasteiger partial charge in [0.2, 0.25) is 10.0 Å². The van der Waals surface area contributed by atoms with Crippen molar-refractivity contribution in [2.75, 3.05) is 19.6 Å². The van der Waals surface area contributed by atoms with Crippen molar-refractivity contribution < 1.29 is 13.2 Å². The molecule has 1 aromatic carbocycles. The molecule has 0 aliphatic carbocycles. The van der Waals surface area contributed by atoms with Crippen LogP contribution in [0.2, 0.25) is 0 Å². The molecule has 0 aromatic heterocycles. The lowest BCUT2D eigenvalue weighted by Gasteiger charge is -2.32. The molecule has 0 saturated carbocycles. The number of sulfonamides is 1. The van der Waals surface area contributed by atoms with E-state index in [9.17, 15) is 13.2 Å². The summed E-state index contributed by atoms with van der Waals surface area (Å²) in [6.07, 6.45) is 0.719. The maximum Gasteiger partial charge on any atom is 0.253 e. The highest BCUT2D eigenvalue weighted by Crippen LogP contribution is 2.14. The molecule has 0 spiro atoms. The fourth-order valence-corrected chi connectivity index (χ4v) is 3.82. The Morgan fingerprint density at radius 2 is 2.04 bits per heavy atom. The van der Waals surface area contributed by atoms with Gasteiger partial charge in [0, 0.05) is 37.3 Å². The van der Waals surface area contributed by atoms with Crippen LogP contribution in [0.1, 0.15) is 37.6 Å². The van der Waals surface area contributed by atoms with Crippen LogP contribution in [0, 0.1) is 0 Å². The molecule has 23 heavy (non-hydrogen) atoms. The Labute approximate surface area is 138 Å². The zero-order chi connectivity index (χ0) is 17.0. The molecule has 1 aliphatic heterocycles. The number of benzene rings is 1. The van der Waals surface area contributed by atoms with Crippen molar-refractivity contribution in [3.8, 4) is 0 Å². The second-order valence-corrected chi connectivity index (χ2v) is 7.78. The van der Waals surface area contributed by atoms with E-state index in [2.05, 4.69) is 10.0 Å². The molecule has 1 amide bonds. The standard InChI is InChI=1S/C16H25N3O3S/c1-4-12(2)18-23(21,22)15-7-5-14(6-8-15)16(20)19-10-9-17-13(3)11-19/h5-8,12-13,17-18H,4,9-11H2,1-3H3. The van der Waals surface area contributed by atoms with Gasteiger partial charge in [0.25, 0.3) is 5.91 Å². The highest BCUT2D eigenvalue weighted by atomic mass is 32.2. The van der Waals surface area contributed by atoms with Gasteiger partial charge in [-0.25, -0.2) is 13.1 Å². The predicted molar refractivity (Wildman–Crippen MR) is 89.9 cm³/mol. The summed E-state index contributed by atoms with van der Waals surface area (Å²) in [7, 11) is -3.53. The maximum absolute atomic E-state index is 12.5. The quantitative estimate of drug-likeness (QED) is 0.845. The molecule has 0 bridgehead atoms. The number of hydrogen-bond acceptors (Lipinski definition) is 4. The van der Waals surface area contributed by atoms with Gasteiger partial charge in [-0.2, -0.15) is 0 Å². The van der Waals surface area contributed by atoms with E-state index in [0.29, 0.717) is 18.7 Å². The molecule has 1 aliphatic rings. The van der Waals surface area contributed by atoms with Crippen molar-refractivity contribution in [2.45, 2.75) is 44.2 Å². The topological polar surface area (TPSA) is 78.5 Å². The molecule has 1 saturated heterocycles. The number of amides is 1. The van der Waals surface area contributed by atoms with E-state index in [4.69, 9.17) is 0 Å². The van der Waals surface area contributed by atoms with Crippen LogP contribution in [0.5, 0.6) is 0 Å². The lowest BCUT2D eigenvalue weighted by Crippen LogP contribution is -2.51. The first-order valence-electron chi connectivity index (χ1n) is 7.98. The average molecular weight is 339 g/mol. The molecule has 2 N–H and O–H groups in total. The smallest absolute Gasteiger partial charge is 0.253 e. The summed E-state index contributed by atoms with van der Waals surface area (Å²) in [5.41, 5.74) is 0.515. The van der Waals surface area contributed by atoms with Crippen molar-refractivity contribution in [1.29, 1.82) is 0 Å². The van der Waals surface area contributed by atoms with E-state index in [1.807, 2.05) is 20.8 Å². The first-order chi connectivity index (χ1) is 10.8. The van der Waals surface area contributed by atoms with Gasteiger partial charge in [-0.3, -0.25) is 4.79 Å². The lowest BCUT2D eigenvalue weighted by molar-refractivity contribution is 0.0709. The third kappa shape index (κ3) is 4.53. The Bertz CT molecular complexity index is 643. The molecule has 1 fully saturated rings. The predicted octanol–water partition coefficient (Wildman–Crippen LogP) is 1.20. The summed E-state index contributed by atoms with van der Waals surface area (Å²) in [5, 5.41) is 3.29. The number of piperazine rings is 1. The van der Waals surface area contributed by atoms with E-state index < -0.39 is 10.0 Å². The Kier molecular flexibility index (Phi) is 5.78. The highest BCUT2D eigenvalue weighted by Gasteiger charge is 2.22. The minimum Gasteiger partial charge on any atom is -0.336 e. The van der Waals surface area contributed by atoms with Crippen LogP contribution in [0.3, 0.4) is 0 Å². The largest absolute Gasteiger partial charge is 0.336 e. The minimum atomic E-state index is -3.53. The lowest BCUT2D eigenvalue weighted by atomic mass is 10.1. The fourth-order valence-electron chi connectivity index (χ4n) is 2.49. The fraction of sp³-hybridized carbons (Fsp3) is 0.562. The van der Waals surface area contributed by atoms with E-state index in [1.54, 1.807) is 17.0 Å². The monoisotopic (exact) mass is 339 g/mol. The average Bonchev–Trinajstić information content (AvgIpc) is 2.53. The zero-order valence-electron chi connectivity index (χ0n) is 13.9. The minimum absolute atomic E-state index is 0.0582. The Morgan fingerprint density at radius 1 is 1.39 bits per heavy atom. The molecule has 1 aromatic rings. The normalized spacial score (nSPS) is 20.3. The van der Waals surface area contributed by atoms with Crippen LogP contribution in [-0.2, 0) is 10.0 Å². The summed E-state index contributed by atoms with van der Waals surface area (Å²) < 4.78 is 27.0. The van der Waals surface area contributed by atoms with E-state index in [1.165, 1.54) is 12.1 Å². The number of carbonyl (C=O) groups is 1. The van der Waals surface area contributed by atoms with Crippen LogP contribution in [0.15, 0.2) is 29.2 Å². The van der Waals surface area contributed by atoms with E-state index in [0.717, 1.165) is 13.0 Å². The van der Waals surface area contributed by atoms with Gasteiger partial charge in [-0.1, -0.05) is 6.92 Å². The second-order valence-electron chi connectivity index (χ2n) is 6.06. The molecule has 1 heterocycles. The SMILES string of the molecule is CCC(C)NS(=O)(=O)c1ccc(C(=O)N2CCNC(C)C2)cc1. The second kappa shape index (κ2) is 7.42. The van der Waals surface area contributed by atoms with Crippen molar-refractivity contribution in [1.82, 2.24) is 14.9 Å². The van der Waals surface area contributed by atoms with Gasteiger partial charge in [0.15, 0.2) is 0 Å². The molecule has 7 heteroatoms. The van der Waals surface area contributed by atoms with Crippen LogP contribution in [0.25, 0.3) is 0 Å². The van der Waals surface area contributed by atoms with Gasteiger partial charge in [-0.15, -0.1) is 0 Å². The van der Waals surface area contributed by atoms with Gasteiger partial charge in [0.1, 0.15) is 0 Å². The third-order valence-corrected chi connectivity index (χ3v) is 5.64. The molecule has 2 unspecified atom stereocenters. The number of carbonyl (C=O) groups excluding carboxylic acids is 1. The molecule has 0 radical (unpaired) electrons. The number of nitrogens with one attached hydrogen (secondary N) is 2. The van der Waals surface area contributed by atoms with Crippen LogP contribution in [0.4, 0.5) is 0 Å². The van der Waals surface area contributed by atoms with Gasteiger partial charge < -0.3 is 10.2 Å². The number of rotatable bonds is 5. The molecule has 2 atom stereocenters. The van der Waals surface area contributed by atoms with E-state index in [-0.39, 0.29) is 22.9 Å². The van der Waals surface area contributed by atoms with Crippen molar-refractivity contribution in [2.24, 2.45) is 0 Å². The summed E-state index contributed by atoms with van der Waals surface area (Å²) >= 11 is 0. The van der Waals surface area contributed by atoms with Crippen molar-refractivity contribution in [3.05, 3.63) is 29.8 Å². The van der Waals surface area contributed by atoms with Gasteiger partial charge in [-0.05, 0) is 44.5 Å².